The molecular formula is C13H28N2O3Si. The second kappa shape index (κ2) is 6.52. The third-order valence-corrected chi connectivity index (χ3v) is 7.47. The van der Waals surface area contributed by atoms with Gasteiger partial charge in [0, 0.05) is 6.21 Å². The van der Waals surface area contributed by atoms with Crippen LogP contribution in [0.2, 0.25) is 18.1 Å². The number of carbonyl (C=O) groups is 1. The summed E-state index contributed by atoms with van der Waals surface area (Å²) in [6, 6.07) is 0. The topological polar surface area (TPSA) is 59.9 Å². The molecule has 0 rings (SSSR count). The molecule has 5 nitrogen and oxygen atoms in total. The summed E-state index contributed by atoms with van der Waals surface area (Å²) in [5, 5.41) is 3.95. The highest BCUT2D eigenvalue weighted by atomic mass is 28.4. The fourth-order valence-corrected chi connectivity index (χ4v) is 1.82. The Morgan fingerprint density at radius 2 is 1.74 bits per heavy atom. The average molecular weight is 288 g/mol. The van der Waals surface area contributed by atoms with Crippen molar-refractivity contribution < 1.29 is 14.0 Å². The maximum absolute atomic E-state index is 11.3. The van der Waals surface area contributed by atoms with Crippen LogP contribution in [0.1, 0.15) is 41.5 Å². The predicted molar refractivity (Wildman–Crippen MR) is 81.0 cm³/mol. The first-order valence-corrected chi connectivity index (χ1v) is 9.40. The minimum absolute atomic E-state index is 0.166. The van der Waals surface area contributed by atoms with Crippen LogP contribution in [0.25, 0.3) is 0 Å². The molecule has 1 N–H and O–H groups in total. The number of nitrogens with one attached hydrogen (secondary N) is 1. The molecule has 0 aliphatic heterocycles. The fourth-order valence-electron chi connectivity index (χ4n) is 0.899. The first-order chi connectivity index (χ1) is 8.35. The van der Waals surface area contributed by atoms with Crippen molar-refractivity contribution in [2.24, 2.45) is 5.10 Å². The van der Waals surface area contributed by atoms with Crippen LogP contribution in [0.15, 0.2) is 5.10 Å². The molecule has 0 bridgehead atoms. The van der Waals surface area contributed by atoms with E-state index in [1.807, 2.05) is 0 Å². The van der Waals surface area contributed by atoms with Gasteiger partial charge >= 0.3 is 6.09 Å². The summed E-state index contributed by atoms with van der Waals surface area (Å²) in [6.45, 7) is 16.7. The zero-order valence-electron chi connectivity index (χ0n) is 13.5. The molecule has 19 heavy (non-hydrogen) atoms. The van der Waals surface area contributed by atoms with E-state index in [0.717, 1.165) is 0 Å². The van der Waals surface area contributed by atoms with E-state index in [4.69, 9.17) is 9.16 Å². The molecule has 0 radical (unpaired) electrons. The lowest BCUT2D eigenvalue weighted by Crippen LogP contribution is -2.41. The van der Waals surface area contributed by atoms with Crippen molar-refractivity contribution in [2.75, 3.05) is 6.61 Å². The lowest BCUT2D eigenvalue weighted by molar-refractivity contribution is 0.0529. The van der Waals surface area contributed by atoms with Gasteiger partial charge in [-0.15, -0.1) is 0 Å². The molecule has 0 aromatic rings. The molecule has 0 unspecified atom stereocenters. The van der Waals surface area contributed by atoms with Crippen molar-refractivity contribution >= 4 is 20.6 Å². The third-order valence-electron chi connectivity index (χ3n) is 2.97. The Morgan fingerprint density at radius 3 is 2.16 bits per heavy atom. The molecule has 0 aromatic heterocycles. The average Bonchev–Trinajstić information content (AvgIpc) is 2.11. The number of hydrazone groups is 1. The van der Waals surface area contributed by atoms with Gasteiger partial charge in [0.25, 0.3) is 0 Å². The van der Waals surface area contributed by atoms with E-state index in [-0.39, 0.29) is 5.04 Å². The van der Waals surface area contributed by atoms with Gasteiger partial charge in [-0.05, 0) is 38.9 Å². The van der Waals surface area contributed by atoms with Crippen molar-refractivity contribution in [3.63, 3.8) is 0 Å². The molecular weight excluding hydrogens is 260 g/mol. The highest BCUT2D eigenvalue weighted by Crippen LogP contribution is 2.36. The molecule has 0 aliphatic rings. The number of amides is 1. The number of carbonyl (C=O) groups excluding carboxylic acids is 1. The number of rotatable bonds is 4. The first kappa shape index (κ1) is 18.1. The molecule has 6 heteroatoms. The molecule has 0 heterocycles. The van der Waals surface area contributed by atoms with E-state index in [0.29, 0.717) is 6.61 Å². The molecule has 0 saturated carbocycles. The number of ether oxygens (including phenoxy) is 1. The van der Waals surface area contributed by atoms with Crippen molar-refractivity contribution in [1.82, 2.24) is 5.43 Å². The van der Waals surface area contributed by atoms with E-state index >= 15 is 0 Å². The highest BCUT2D eigenvalue weighted by Gasteiger charge is 2.36. The van der Waals surface area contributed by atoms with E-state index in [9.17, 15) is 4.79 Å². The summed E-state index contributed by atoms with van der Waals surface area (Å²) in [4.78, 5) is 11.3. The summed E-state index contributed by atoms with van der Waals surface area (Å²) in [5.74, 6) is 0. The minimum atomic E-state index is -1.76. The normalized spacial score (nSPS) is 13.7. The van der Waals surface area contributed by atoms with Crippen LogP contribution in [0, 0.1) is 0 Å². The summed E-state index contributed by atoms with van der Waals surface area (Å²) in [6.07, 6.45) is 0.987. The molecule has 0 fully saturated rings. The van der Waals surface area contributed by atoms with E-state index < -0.39 is 20.0 Å². The highest BCUT2D eigenvalue weighted by molar-refractivity contribution is 6.74. The summed E-state index contributed by atoms with van der Waals surface area (Å²) in [7, 11) is -1.76. The van der Waals surface area contributed by atoms with Crippen LogP contribution in [-0.4, -0.2) is 32.8 Å². The standard InChI is InChI=1S/C13H28N2O3Si/c1-12(2,3)18-11(16)15-14-9-10-17-19(7,8)13(4,5)6/h9H,10H2,1-8H3,(H,15,16)/b14-9+. The quantitative estimate of drug-likeness (QED) is 0.489. The Hall–Kier alpha value is -0.883. The summed E-state index contributed by atoms with van der Waals surface area (Å²) >= 11 is 0. The maximum atomic E-state index is 11.3. The fraction of sp³-hybridized carbons (Fsp3) is 0.846. The summed E-state index contributed by atoms with van der Waals surface area (Å²) in [5.41, 5.74) is 1.79. The van der Waals surface area contributed by atoms with Crippen molar-refractivity contribution in [3.8, 4) is 0 Å². The largest absolute Gasteiger partial charge is 0.443 e. The Morgan fingerprint density at radius 1 is 1.21 bits per heavy atom. The Bertz CT molecular complexity index is 328. The minimum Gasteiger partial charge on any atom is -0.443 e. The second-order valence-electron chi connectivity index (χ2n) is 7.00. The second-order valence-corrected chi connectivity index (χ2v) is 11.8. The van der Waals surface area contributed by atoms with Gasteiger partial charge in [-0.2, -0.15) is 5.10 Å². The summed E-state index contributed by atoms with van der Waals surface area (Å²) < 4.78 is 10.9. The van der Waals surface area contributed by atoms with Crippen molar-refractivity contribution in [3.05, 3.63) is 0 Å². The molecule has 0 atom stereocenters. The van der Waals surface area contributed by atoms with Crippen LogP contribution >= 0.6 is 0 Å². The molecule has 1 amide bonds. The Labute approximate surface area is 117 Å². The van der Waals surface area contributed by atoms with Crippen LogP contribution in [0.4, 0.5) is 4.79 Å². The lowest BCUT2D eigenvalue weighted by atomic mass is 10.2. The maximum Gasteiger partial charge on any atom is 0.428 e. The zero-order chi connectivity index (χ0) is 15.3. The predicted octanol–water partition coefficient (Wildman–Crippen LogP) is 3.52. The van der Waals surface area contributed by atoms with Gasteiger partial charge in [-0.25, -0.2) is 10.2 Å². The van der Waals surface area contributed by atoms with Crippen LogP contribution in [0.3, 0.4) is 0 Å². The van der Waals surface area contributed by atoms with E-state index in [1.54, 1.807) is 27.0 Å². The van der Waals surface area contributed by atoms with Gasteiger partial charge in [0.15, 0.2) is 8.32 Å². The van der Waals surface area contributed by atoms with E-state index in [2.05, 4.69) is 44.4 Å². The van der Waals surface area contributed by atoms with Crippen LogP contribution in [-0.2, 0) is 9.16 Å². The number of hydrogen-bond donors (Lipinski definition) is 1. The first-order valence-electron chi connectivity index (χ1n) is 6.50. The smallest absolute Gasteiger partial charge is 0.428 e. The van der Waals surface area contributed by atoms with Crippen LogP contribution in [0.5, 0.6) is 0 Å². The zero-order valence-corrected chi connectivity index (χ0v) is 14.5. The third kappa shape index (κ3) is 8.00. The molecule has 0 spiro atoms. The number of nitrogens with zero attached hydrogens (tertiary/aromatic N) is 1. The molecule has 0 aromatic carbocycles. The van der Waals surface area contributed by atoms with Crippen molar-refractivity contribution in [1.29, 1.82) is 0 Å². The van der Waals surface area contributed by atoms with Gasteiger partial charge in [0.05, 0.1) is 6.61 Å². The molecule has 0 aliphatic carbocycles. The van der Waals surface area contributed by atoms with E-state index in [1.165, 1.54) is 0 Å². The monoisotopic (exact) mass is 288 g/mol. The van der Waals surface area contributed by atoms with Gasteiger partial charge in [-0.1, -0.05) is 20.8 Å². The Kier molecular flexibility index (Phi) is 6.22. The SMILES string of the molecule is CC(C)(C)OC(=O)N/N=C/CO[Si](C)(C)C(C)(C)C. The van der Waals surface area contributed by atoms with Crippen LogP contribution < -0.4 is 5.43 Å². The van der Waals surface area contributed by atoms with Crippen molar-refractivity contribution in [2.45, 2.75) is 65.3 Å². The molecule has 0 saturated heterocycles. The van der Waals surface area contributed by atoms with Gasteiger partial charge in [0.1, 0.15) is 5.60 Å². The van der Waals surface area contributed by atoms with Gasteiger partial charge in [0.2, 0.25) is 0 Å². The lowest BCUT2D eigenvalue weighted by Gasteiger charge is -2.35. The molecule has 112 valence electrons. The number of hydrogen-bond acceptors (Lipinski definition) is 4. The Balaban J connectivity index is 4.04. The van der Waals surface area contributed by atoms with Gasteiger partial charge in [-0.3, -0.25) is 0 Å². The van der Waals surface area contributed by atoms with Gasteiger partial charge < -0.3 is 9.16 Å².